The summed E-state index contributed by atoms with van der Waals surface area (Å²) in [6.07, 6.45) is 6.75. The minimum absolute atomic E-state index is 0.212. The Morgan fingerprint density at radius 3 is 2.68 bits per heavy atom. The molecular formula is C19H28N2O. The number of likely N-dealkylation sites (tertiary alicyclic amines) is 1. The first-order valence-corrected chi connectivity index (χ1v) is 8.80. The summed E-state index contributed by atoms with van der Waals surface area (Å²) in [6, 6.07) is 9.44. The number of benzene rings is 1. The number of rotatable bonds is 3. The Kier molecular flexibility index (Phi) is 4.82. The van der Waals surface area contributed by atoms with Gasteiger partial charge in [0, 0.05) is 19.5 Å². The van der Waals surface area contributed by atoms with Crippen LogP contribution < -0.4 is 0 Å². The van der Waals surface area contributed by atoms with E-state index in [1.807, 2.05) is 18.9 Å². The lowest BCUT2D eigenvalue weighted by Gasteiger charge is -2.39. The fraction of sp³-hybridized carbons (Fsp3) is 0.632. The summed E-state index contributed by atoms with van der Waals surface area (Å²) in [5.41, 5.74) is 2.81. The van der Waals surface area contributed by atoms with Crippen LogP contribution in [-0.2, 0) is 11.2 Å². The van der Waals surface area contributed by atoms with Crippen LogP contribution in [0.5, 0.6) is 0 Å². The monoisotopic (exact) mass is 300 g/mol. The second-order valence-corrected chi connectivity index (χ2v) is 6.70. The van der Waals surface area contributed by atoms with E-state index in [1.165, 1.54) is 49.9 Å². The predicted molar refractivity (Wildman–Crippen MR) is 89.8 cm³/mol. The molecule has 0 saturated carbocycles. The van der Waals surface area contributed by atoms with Gasteiger partial charge in [-0.25, -0.2) is 0 Å². The molecule has 0 bridgehead atoms. The van der Waals surface area contributed by atoms with Gasteiger partial charge in [0.1, 0.15) is 0 Å². The quantitative estimate of drug-likeness (QED) is 0.799. The molecule has 1 aliphatic carbocycles. The van der Waals surface area contributed by atoms with Crippen molar-refractivity contribution in [3.8, 4) is 0 Å². The van der Waals surface area contributed by atoms with Crippen LogP contribution in [0.15, 0.2) is 24.3 Å². The normalized spacial score (nSPS) is 25.5. The van der Waals surface area contributed by atoms with Gasteiger partial charge < -0.3 is 4.90 Å². The van der Waals surface area contributed by atoms with Gasteiger partial charge in [0.2, 0.25) is 5.91 Å². The Balaban J connectivity index is 1.99. The van der Waals surface area contributed by atoms with Crippen molar-refractivity contribution in [2.75, 3.05) is 20.1 Å². The van der Waals surface area contributed by atoms with Gasteiger partial charge in [-0.15, -0.1) is 0 Å². The third-order valence-corrected chi connectivity index (χ3v) is 5.41. The van der Waals surface area contributed by atoms with Gasteiger partial charge in [-0.1, -0.05) is 31.2 Å². The molecule has 0 unspecified atom stereocenters. The van der Waals surface area contributed by atoms with Gasteiger partial charge >= 0.3 is 0 Å². The molecule has 2 atom stereocenters. The lowest BCUT2D eigenvalue weighted by atomic mass is 9.93. The van der Waals surface area contributed by atoms with Crippen LogP contribution >= 0.6 is 0 Å². The topological polar surface area (TPSA) is 23.6 Å². The summed E-state index contributed by atoms with van der Waals surface area (Å²) >= 11 is 0. The Hall–Kier alpha value is -1.35. The maximum atomic E-state index is 12.4. The summed E-state index contributed by atoms with van der Waals surface area (Å²) in [6.45, 7) is 4.35. The highest BCUT2D eigenvalue weighted by Crippen LogP contribution is 2.37. The van der Waals surface area contributed by atoms with Gasteiger partial charge in [-0.3, -0.25) is 9.69 Å². The van der Waals surface area contributed by atoms with Crippen molar-refractivity contribution in [3.63, 3.8) is 0 Å². The summed E-state index contributed by atoms with van der Waals surface area (Å²) < 4.78 is 0. The van der Waals surface area contributed by atoms with Crippen LogP contribution in [0, 0.1) is 0 Å². The summed E-state index contributed by atoms with van der Waals surface area (Å²) in [4.78, 5) is 17.1. The van der Waals surface area contributed by atoms with Crippen molar-refractivity contribution in [3.05, 3.63) is 35.4 Å². The van der Waals surface area contributed by atoms with Crippen LogP contribution in [0.2, 0.25) is 0 Å². The zero-order valence-electron chi connectivity index (χ0n) is 13.9. The lowest BCUT2D eigenvalue weighted by Crippen LogP contribution is -2.45. The summed E-state index contributed by atoms with van der Waals surface area (Å²) in [5.74, 6) is 0.255. The first kappa shape index (κ1) is 15.5. The number of nitrogens with zero attached hydrogens (tertiary/aromatic N) is 2. The number of fused-ring (bicyclic) bond motifs is 1. The van der Waals surface area contributed by atoms with Gasteiger partial charge in [0.25, 0.3) is 0 Å². The largest absolute Gasteiger partial charge is 0.337 e. The molecule has 1 saturated heterocycles. The lowest BCUT2D eigenvalue weighted by molar-refractivity contribution is -0.133. The van der Waals surface area contributed by atoms with Crippen molar-refractivity contribution in [2.45, 2.75) is 57.5 Å². The maximum absolute atomic E-state index is 12.4. The van der Waals surface area contributed by atoms with E-state index >= 15 is 0 Å². The third kappa shape index (κ3) is 2.91. The maximum Gasteiger partial charge on any atom is 0.222 e. The van der Waals surface area contributed by atoms with Crippen LogP contribution in [0.25, 0.3) is 0 Å². The van der Waals surface area contributed by atoms with E-state index in [9.17, 15) is 4.79 Å². The second-order valence-electron chi connectivity index (χ2n) is 6.70. The van der Waals surface area contributed by atoms with Gasteiger partial charge in [0.05, 0.1) is 6.04 Å². The van der Waals surface area contributed by atoms with E-state index in [4.69, 9.17) is 0 Å². The molecule has 22 heavy (non-hydrogen) atoms. The van der Waals surface area contributed by atoms with Crippen molar-refractivity contribution >= 4 is 5.91 Å². The summed E-state index contributed by atoms with van der Waals surface area (Å²) in [5, 5.41) is 0. The van der Waals surface area contributed by atoms with Crippen LogP contribution in [0.4, 0.5) is 0 Å². The van der Waals surface area contributed by atoms with Crippen LogP contribution in [-0.4, -0.2) is 41.9 Å². The molecule has 1 fully saturated rings. The Bertz CT molecular complexity index is 522. The second kappa shape index (κ2) is 6.82. The molecule has 0 radical (unpaired) electrons. The fourth-order valence-electron chi connectivity index (χ4n) is 4.24. The van der Waals surface area contributed by atoms with E-state index < -0.39 is 0 Å². The van der Waals surface area contributed by atoms with Gasteiger partial charge in [-0.2, -0.15) is 0 Å². The predicted octanol–water partition coefficient (Wildman–Crippen LogP) is 3.40. The first-order chi connectivity index (χ1) is 10.7. The minimum atomic E-state index is 0.212. The minimum Gasteiger partial charge on any atom is -0.337 e. The zero-order chi connectivity index (χ0) is 15.5. The first-order valence-electron chi connectivity index (χ1n) is 8.80. The molecular weight excluding hydrogens is 272 g/mol. The van der Waals surface area contributed by atoms with Gasteiger partial charge in [-0.05, 0) is 56.3 Å². The molecule has 1 aliphatic heterocycles. The van der Waals surface area contributed by atoms with Crippen LogP contribution in [0.1, 0.15) is 56.2 Å². The number of carbonyl (C=O) groups is 1. The molecule has 1 aromatic rings. The standard InChI is InChI=1S/C19H28N2O/c1-3-18(22)20(2)19-16-11-5-4-9-15(16)10-8-12-17(19)21-13-6-7-14-21/h4-5,9,11,17,19H,3,6-8,10,12-14H2,1-2H3/t17-,19-/m0/s1. The molecule has 1 heterocycles. The number of carbonyl (C=O) groups excluding carboxylic acids is 1. The molecule has 0 aromatic heterocycles. The molecule has 3 rings (SSSR count). The fourth-order valence-corrected chi connectivity index (χ4v) is 4.24. The highest BCUT2D eigenvalue weighted by molar-refractivity contribution is 5.76. The summed E-state index contributed by atoms with van der Waals surface area (Å²) in [7, 11) is 2.00. The van der Waals surface area contributed by atoms with Crippen molar-refractivity contribution in [2.24, 2.45) is 0 Å². The highest BCUT2D eigenvalue weighted by atomic mass is 16.2. The SMILES string of the molecule is CCC(=O)N(C)[C@H]1c2ccccc2CCC[C@@H]1N1CCCC1. The third-order valence-electron chi connectivity index (χ3n) is 5.41. The molecule has 0 spiro atoms. The van der Waals surface area contributed by atoms with E-state index in [0.29, 0.717) is 12.5 Å². The molecule has 2 aliphatic rings. The van der Waals surface area contributed by atoms with E-state index in [1.54, 1.807) is 0 Å². The highest BCUT2D eigenvalue weighted by Gasteiger charge is 2.36. The number of likely N-dealkylation sites (N-methyl/N-ethyl adjacent to an activating group) is 1. The molecule has 1 aromatic carbocycles. The van der Waals surface area contributed by atoms with Crippen LogP contribution in [0.3, 0.4) is 0 Å². The Labute approximate surface area is 134 Å². The molecule has 0 N–H and O–H groups in total. The smallest absolute Gasteiger partial charge is 0.222 e. The molecule has 3 heteroatoms. The van der Waals surface area contributed by atoms with E-state index in [2.05, 4.69) is 29.2 Å². The molecule has 1 amide bonds. The number of aryl methyl sites for hydroxylation is 1. The Morgan fingerprint density at radius 2 is 1.95 bits per heavy atom. The van der Waals surface area contributed by atoms with Crippen molar-refractivity contribution < 1.29 is 4.79 Å². The molecule has 3 nitrogen and oxygen atoms in total. The van der Waals surface area contributed by atoms with E-state index in [-0.39, 0.29) is 11.9 Å². The van der Waals surface area contributed by atoms with Gasteiger partial charge in [0.15, 0.2) is 0 Å². The van der Waals surface area contributed by atoms with Crippen molar-refractivity contribution in [1.29, 1.82) is 0 Å². The molecule has 120 valence electrons. The van der Waals surface area contributed by atoms with E-state index in [0.717, 1.165) is 6.42 Å². The number of amides is 1. The number of hydrogen-bond acceptors (Lipinski definition) is 2. The average Bonchev–Trinajstić information content (AvgIpc) is 3.01. The number of hydrogen-bond donors (Lipinski definition) is 0. The average molecular weight is 300 g/mol. The Morgan fingerprint density at radius 1 is 1.23 bits per heavy atom. The van der Waals surface area contributed by atoms with Crippen molar-refractivity contribution in [1.82, 2.24) is 9.80 Å². The zero-order valence-corrected chi connectivity index (χ0v) is 13.9.